The van der Waals surface area contributed by atoms with Gasteiger partial charge in [-0.3, -0.25) is 4.98 Å². The van der Waals surface area contributed by atoms with Crippen LogP contribution in [0.2, 0.25) is 10.3 Å². The predicted molar refractivity (Wildman–Crippen MR) is 69.4 cm³/mol. The molecule has 0 N–H and O–H groups in total. The molecule has 0 aliphatic rings. The molecule has 2 aromatic heterocycles. The third kappa shape index (κ3) is 2.56. The van der Waals surface area contributed by atoms with Crippen LogP contribution in [-0.4, -0.2) is 15.0 Å². The number of hydrogen-bond donors (Lipinski definition) is 0. The second-order valence-corrected chi connectivity index (χ2v) is 4.65. The molecule has 0 unspecified atom stereocenters. The maximum absolute atomic E-state index is 6.12. The summed E-state index contributed by atoms with van der Waals surface area (Å²) in [5, 5.41) is 0.803. The summed E-state index contributed by atoms with van der Waals surface area (Å²) in [6.45, 7) is 4.00. The molecule has 0 spiro atoms. The van der Waals surface area contributed by atoms with E-state index in [0.717, 1.165) is 11.1 Å². The van der Waals surface area contributed by atoms with Crippen molar-refractivity contribution < 1.29 is 0 Å². The number of aromatic nitrogens is 3. The Morgan fingerprint density at radius 1 is 1.12 bits per heavy atom. The van der Waals surface area contributed by atoms with Gasteiger partial charge >= 0.3 is 0 Å². The molecular formula is C12H11Cl2N3. The van der Waals surface area contributed by atoms with E-state index in [1.807, 2.05) is 26.0 Å². The van der Waals surface area contributed by atoms with Crippen molar-refractivity contribution in [3.8, 4) is 11.4 Å². The molecule has 0 bridgehead atoms. The van der Waals surface area contributed by atoms with Crippen molar-refractivity contribution in [2.24, 2.45) is 0 Å². The van der Waals surface area contributed by atoms with Crippen molar-refractivity contribution in [2.45, 2.75) is 19.8 Å². The summed E-state index contributed by atoms with van der Waals surface area (Å²) in [5.41, 5.74) is 1.58. The Morgan fingerprint density at radius 3 is 2.24 bits per heavy atom. The van der Waals surface area contributed by atoms with Crippen LogP contribution < -0.4 is 0 Å². The zero-order valence-corrected chi connectivity index (χ0v) is 11.0. The van der Waals surface area contributed by atoms with E-state index in [9.17, 15) is 0 Å². The fraction of sp³-hybridized carbons (Fsp3) is 0.250. The van der Waals surface area contributed by atoms with E-state index < -0.39 is 0 Å². The minimum absolute atomic E-state index is 0.193. The van der Waals surface area contributed by atoms with Crippen molar-refractivity contribution in [1.29, 1.82) is 0 Å². The topological polar surface area (TPSA) is 38.7 Å². The molecule has 2 rings (SSSR count). The van der Waals surface area contributed by atoms with E-state index in [2.05, 4.69) is 15.0 Å². The molecule has 5 heteroatoms. The highest BCUT2D eigenvalue weighted by Crippen LogP contribution is 2.30. The highest BCUT2D eigenvalue weighted by atomic mass is 35.5. The summed E-state index contributed by atoms with van der Waals surface area (Å²) in [7, 11) is 0. The Kier molecular flexibility index (Phi) is 3.60. The Morgan fingerprint density at radius 2 is 1.76 bits per heavy atom. The van der Waals surface area contributed by atoms with Crippen LogP contribution in [0.4, 0.5) is 0 Å². The quantitative estimate of drug-likeness (QED) is 0.773. The summed E-state index contributed by atoms with van der Waals surface area (Å²) in [6.07, 6.45) is 3.37. The maximum Gasteiger partial charge on any atom is 0.164 e. The van der Waals surface area contributed by atoms with Gasteiger partial charge in [-0.2, -0.15) is 0 Å². The second-order valence-electron chi connectivity index (χ2n) is 3.94. The van der Waals surface area contributed by atoms with E-state index >= 15 is 0 Å². The molecule has 0 radical (unpaired) electrons. The molecule has 0 amide bonds. The standard InChI is InChI=1S/C12H11Cl2N3/c1-7(2)9-10(13)16-12(17-11(9)14)8-4-3-5-15-6-8/h3-7H,1-2H3. The first-order valence-corrected chi connectivity index (χ1v) is 5.98. The first-order chi connectivity index (χ1) is 8.09. The molecule has 17 heavy (non-hydrogen) atoms. The lowest BCUT2D eigenvalue weighted by molar-refractivity contribution is 0.848. The fourth-order valence-electron chi connectivity index (χ4n) is 1.52. The Bertz CT molecular complexity index is 504. The molecule has 2 heterocycles. The summed E-state index contributed by atoms with van der Waals surface area (Å²) < 4.78 is 0. The van der Waals surface area contributed by atoms with Gasteiger partial charge in [0.15, 0.2) is 5.82 Å². The van der Waals surface area contributed by atoms with Crippen molar-refractivity contribution in [1.82, 2.24) is 15.0 Å². The molecule has 88 valence electrons. The number of hydrogen-bond acceptors (Lipinski definition) is 3. The number of pyridine rings is 1. The second kappa shape index (κ2) is 4.98. The van der Waals surface area contributed by atoms with E-state index in [-0.39, 0.29) is 5.92 Å². The smallest absolute Gasteiger partial charge is 0.164 e. The lowest BCUT2D eigenvalue weighted by Crippen LogP contribution is -1.99. The van der Waals surface area contributed by atoms with E-state index in [1.54, 1.807) is 12.4 Å². The lowest BCUT2D eigenvalue weighted by atomic mass is 10.1. The van der Waals surface area contributed by atoms with Gasteiger partial charge in [-0.15, -0.1) is 0 Å². The van der Waals surface area contributed by atoms with Crippen LogP contribution in [-0.2, 0) is 0 Å². The van der Waals surface area contributed by atoms with Crippen LogP contribution in [0.15, 0.2) is 24.5 Å². The lowest BCUT2D eigenvalue weighted by Gasteiger charge is -2.10. The number of nitrogens with zero attached hydrogens (tertiary/aromatic N) is 3. The van der Waals surface area contributed by atoms with Crippen molar-refractivity contribution in [2.75, 3.05) is 0 Å². The van der Waals surface area contributed by atoms with E-state index in [4.69, 9.17) is 23.2 Å². The number of rotatable bonds is 2. The minimum Gasteiger partial charge on any atom is -0.264 e. The monoisotopic (exact) mass is 267 g/mol. The Labute approximate surface area is 110 Å². The van der Waals surface area contributed by atoms with Crippen LogP contribution in [0.1, 0.15) is 25.3 Å². The summed E-state index contributed by atoms with van der Waals surface area (Å²) >= 11 is 12.2. The highest BCUT2D eigenvalue weighted by molar-refractivity contribution is 6.34. The molecule has 3 nitrogen and oxygen atoms in total. The summed E-state index contributed by atoms with van der Waals surface area (Å²) in [4.78, 5) is 12.5. The van der Waals surface area contributed by atoms with Crippen LogP contribution in [0.5, 0.6) is 0 Å². The average molecular weight is 268 g/mol. The molecule has 0 aromatic carbocycles. The van der Waals surface area contributed by atoms with Crippen LogP contribution >= 0.6 is 23.2 Å². The first kappa shape index (κ1) is 12.3. The average Bonchev–Trinajstić information content (AvgIpc) is 2.28. The predicted octanol–water partition coefficient (Wildman–Crippen LogP) is 3.97. The van der Waals surface area contributed by atoms with Crippen LogP contribution in [0.25, 0.3) is 11.4 Å². The molecule has 0 fully saturated rings. The zero-order valence-electron chi connectivity index (χ0n) is 9.48. The fourth-order valence-corrected chi connectivity index (χ4v) is 2.34. The number of halogens is 2. The van der Waals surface area contributed by atoms with Crippen LogP contribution in [0, 0.1) is 0 Å². The van der Waals surface area contributed by atoms with Gasteiger partial charge in [-0.1, -0.05) is 37.0 Å². The minimum atomic E-state index is 0.193. The van der Waals surface area contributed by atoms with E-state index in [1.165, 1.54) is 0 Å². The molecule has 0 saturated heterocycles. The summed E-state index contributed by atoms with van der Waals surface area (Å²) in [5.74, 6) is 0.690. The van der Waals surface area contributed by atoms with Gasteiger partial charge in [0, 0.05) is 23.5 Å². The Hall–Kier alpha value is -1.19. The third-order valence-electron chi connectivity index (χ3n) is 2.35. The molecule has 0 aliphatic carbocycles. The van der Waals surface area contributed by atoms with Crippen molar-refractivity contribution in [3.05, 3.63) is 40.4 Å². The van der Waals surface area contributed by atoms with Gasteiger partial charge in [-0.05, 0) is 18.1 Å². The first-order valence-electron chi connectivity index (χ1n) is 5.23. The van der Waals surface area contributed by atoms with Crippen molar-refractivity contribution in [3.63, 3.8) is 0 Å². The van der Waals surface area contributed by atoms with Gasteiger partial charge in [-0.25, -0.2) is 9.97 Å². The molecule has 0 saturated carbocycles. The summed E-state index contributed by atoms with van der Waals surface area (Å²) in [6, 6.07) is 3.68. The van der Waals surface area contributed by atoms with E-state index in [0.29, 0.717) is 16.1 Å². The zero-order chi connectivity index (χ0) is 12.4. The van der Waals surface area contributed by atoms with Crippen molar-refractivity contribution >= 4 is 23.2 Å². The normalized spacial score (nSPS) is 10.9. The highest BCUT2D eigenvalue weighted by Gasteiger charge is 2.15. The van der Waals surface area contributed by atoms with Gasteiger partial charge < -0.3 is 0 Å². The van der Waals surface area contributed by atoms with Gasteiger partial charge in [0.1, 0.15) is 10.3 Å². The molecule has 2 aromatic rings. The molecular weight excluding hydrogens is 257 g/mol. The maximum atomic E-state index is 6.12. The van der Waals surface area contributed by atoms with Crippen LogP contribution in [0.3, 0.4) is 0 Å². The van der Waals surface area contributed by atoms with Gasteiger partial charge in [0.2, 0.25) is 0 Å². The van der Waals surface area contributed by atoms with Gasteiger partial charge in [0.05, 0.1) is 0 Å². The van der Waals surface area contributed by atoms with Gasteiger partial charge in [0.25, 0.3) is 0 Å². The third-order valence-corrected chi connectivity index (χ3v) is 2.93. The largest absolute Gasteiger partial charge is 0.264 e. The Balaban J connectivity index is 2.53. The SMILES string of the molecule is CC(C)c1c(Cl)nc(-c2cccnc2)nc1Cl. The molecule has 0 atom stereocenters. The molecule has 0 aliphatic heterocycles.